The van der Waals surface area contributed by atoms with E-state index in [1.165, 1.54) is 12.8 Å². The molecule has 0 spiro atoms. The van der Waals surface area contributed by atoms with Gasteiger partial charge in [-0.3, -0.25) is 0 Å². The van der Waals surface area contributed by atoms with E-state index in [0.29, 0.717) is 5.95 Å². The van der Waals surface area contributed by atoms with Gasteiger partial charge in [0.05, 0.1) is 0 Å². The van der Waals surface area contributed by atoms with E-state index < -0.39 is 0 Å². The van der Waals surface area contributed by atoms with Crippen molar-refractivity contribution in [3.05, 3.63) is 11.8 Å². The van der Waals surface area contributed by atoms with Crippen LogP contribution in [0, 0.1) is 12.8 Å². The SMILES string of the molecule is Cc1cnc(N)nc1NCCCOCC1CC1. The normalized spacial score (nSPS) is 14.9. The third-order valence-corrected chi connectivity index (χ3v) is 2.80. The number of nitrogen functional groups attached to an aromatic ring is 1. The molecule has 0 aliphatic heterocycles. The van der Waals surface area contributed by atoms with E-state index >= 15 is 0 Å². The number of ether oxygens (including phenoxy) is 1. The van der Waals surface area contributed by atoms with E-state index in [1.807, 2.05) is 6.92 Å². The Morgan fingerprint density at radius 3 is 3.12 bits per heavy atom. The summed E-state index contributed by atoms with van der Waals surface area (Å²) in [6.45, 7) is 4.55. The van der Waals surface area contributed by atoms with Gasteiger partial charge in [0.15, 0.2) is 0 Å². The van der Waals surface area contributed by atoms with Crippen molar-refractivity contribution < 1.29 is 4.74 Å². The monoisotopic (exact) mass is 236 g/mol. The van der Waals surface area contributed by atoms with Gasteiger partial charge in [0.1, 0.15) is 5.82 Å². The second kappa shape index (κ2) is 5.82. The standard InChI is InChI=1S/C12H20N4O/c1-9-7-15-12(13)16-11(9)14-5-2-6-17-8-10-3-4-10/h7,10H,2-6,8H2,1H3,(H3,13,14,15,16). The Balaban J connectivity index is 1.61. The molecule has 1 aliphatic rings. The van der Waals surface area contributed by atoms with E-state index in [0.717, 1.165) is 43.5 Å². The highest BCUT2D eigenvalue weighted by Crippen LogP contribution is 2.28. The van der Waals surface area contributed by atoms with Gasteiger partial charge in [0, 0.05) is 31.5 Å². The Hall–Kier alpha value is -1.36. The maximum Gasteiger partial charge on any atom is 0.221 e. The second-order valence-electron chi connectivity index (χ2n) is 4.56. The maximum absolute atomic E-state index is 5.55. The van der Waals surface area contributed by atoms with E-state index in [-0.39, 0.29) is 0 Å². The second-order valence-corrected chi connectivity index (χ2v) is 4.56. The van der Waals surface area contributed by atoms with Gasteiger partial charge in [-0.2, -0.15) is 4.98 Å². The summed E-state index contributed by atoms with van der Waals surface area (Å²) in [5.74, 6) is 1.97. The van der Waals surface area contributed by atoms with Crippen molar-refractivity contribution in [3.63, 3.8) is 0 Å². The fourth-order valence-corrected chi connectivity index (χ4v) is 1.55. The van der Waals surface area contributed by atoms with Gasteiger partial charge in [0.25, 0.3) is 0 Å². The molecule has 94 valence electrons. The minimum atomic E-state index is 0.308. The summed E-state index contributed by atoms with van der Waals surface area (Å²) >= 11 is 0. The highest BCUT2D eigenvalue weighted by molar-refractivity contribution is 5.44. The summed E-state index contributed by atoms with van der Waals surface area (Å²) in [7, 11) is 0. The lowest BCUT2D eigenvalue weighted by Gasteiger charge is -2.08. The maximum atomic E-state index is 5.55. The third kappa shape index (κ3) is 4.19. The van der Waals surface area contributed by atoms with Crippen LogP contribution in [0.5, 0.6) is 0 Å². The van der Waals surface area contributed by atoms with Crippen LogP contribution < -0.4 is 11.1 Å². The van der Waals surface area contributed by atoms with Crippen molar-refractivity contribution in [2.24, 2.45) is 5.92 Å². The number of anilines is 2. The first kappa shape index (κ1) is 12.1. The Morgan fingerprint density at radius 1 is 1.53 bits per heavy atom. The van der Waals surface area contributed by atoms with Crippen molar-refractivity contribution in [2.75, 3.05) is 30.8 Å². The predicted molar refractivity (Wildman–Crippen MR) is 67.8 cm³/mol. The smallest absolute Gasteiger partial charge is 0.221 e. The summed E-state index contributed by atoms with van der Waals surface area (Å²) in [6, 6.07) is 0. The lowest BCUT2D eigenvalue weighted by Crippen LogP contribution is -2.10. The fraction of sp³-hybridized carbons (Fsp3) is 0.667. The largest absolute Gasteiger partial charge is 0.381 e. The molecule has 17 heavy (non-hydrogen) atoms. The van der Waals surface area contributed by atoms with Gasteiger partial charge in [-0.25, -0.2) is 4.98 Å². The zero-order valence-corrected chi connectivity index (χ0v) is 10.3. The van der Waals surface area contributed by atoms with Crippen LogP contribution in [0.2, 0.25) is 0 Å². The fourth-order valence-electron chi connectivity index (χ4n) is 1.55. The van der Waals surface area contributed by atoms with Crippen LogP contribution in [0.3, 0.4) is 0 Å². The first-order valence-electron chi connectivity index (χ1n) is 6.16. The molecule has 1 fully saturated rings. The van der Waals surface area contributed by atoms with E-state index in [4.69, 9.17) is 10.5 Å². The first-order chi connectivity index (χ1) is 8.25. The van der Waals surface area contributed by atoms with E-state index in [9.17, 15) is 0 Å². The highest BCUT2D eigenvalue weighted by Gasteiger charge is 2.20. The van der Waals surface area contributed by atoms with E-state index in [2.05, 4.69) is 15.3 Å². The number of nitrogens with one attached hydrogen (secondary N) is 1. The van der Waals surface area contributed by atoms with Gasteiger partial charge < -0.3 is 15.8 Å². The molecule has 0 aromatic carbocycles. The molecule has 0 saturated heterocycles. The molecule has 3 N–H and O–H groups in total. The number of nitrogens with two attached hydrogens (primary N) is 1. The Kier molecular flexibility index (Phi) is 4.14. The average molecular weight is 236 g/mol. The average Bonchev–Trinajstić information content (AvgIpc) is 3.11. The zero-order valence-electron chi connectivity index (χ0n) is 10.3. The zero-order chi connectivity index (χ0) is 12.1. The molecule has 0 bridgehead atoms. The quantitative estimate of drug-likeness (QED) is 0.703. The molecule has 1 heterocycles. The van der Waals surface area contributed by atoms with Crippen molar-refractivity contribution in [2.45, 2.75) is 26.2 Å². The van der Waals surface area contributed by atoms with E-state index in [1.54, 1.807) is 6.20 Å². The number of hydrogen-bond acceptors (Lipinski definition) is 5. The van der Waals surface area contributed by atoms with Gasteiger partial charge in [-0.1, -0.05) is 0 Å². The molecule has 1 aromatic rings. The number of hydrogen-bond donors (Lipinski definition) is 2. The minimum absolute atomic E-state index is 0.308. The van der Waals surface area contributed by atoms with Crippen LogP contribution in [-0.4, -0.2) is 29.7 Å². The number of rotatable bonds is 7. The summed E-state index contributed by atoms with van der Waals surface area (Å²) in [5, 5.41) is 3.25. The van der Waals surface area contributed by atoms with Crippen LogP contribution in [0.25, 0.3) is 0 Å². The van der Waals surface area contributed by atoms with Crippen LogP contribution in [-0.2, 0) is 4.74 Å². The molecule has 0 atom stereocenters. The number of aromatic nitrogens is 2. The Bertz CT molecular complexity index is 366. The van der Waals surface area contributed by atoms with Crippen molar-refractivity contribution in [3.8, 4) is 0 Å². The molecular formula is C12H20N4O. The van der Waals surface area contributed by atoms with Crippen LogP contribution in [0.15, 0.2) is 6.20 Å². The lowest BCUT2D eigenvalue weighted by atomic mass is 10.3. The molecule has 0 amide bonds. The van der Waals surface area contributed by atoms with Crippen molar-refractivity contribution in [1.82, 2.24) is 9.97 Å². The third-order valence-electron chi connectivity index (χ3n) is 2.80. The molecule has 5 heteroatoms. The van der Waals surface area contributed by atoms with Gasteiger partial charge >= 0.3 is 0 Å². The molecule has 2 rings (SSSR count). The summed E-state index contributed by atoms with van der Waals surface area (Å²) in [6.07, 6.45) is 5.40. The topological polar surface area (TPSA) is 73.1 Å². The first-order valence-corrected chi connectivity index (χ1v) is 6.16. The number of nitrogens with zero attached hydrogens (tertiary/aromatic N) is 2. The van der Waals surface area contributed by atoms with Crippen LogP contribution in [0.1, 0.15) is 24.8 Å². The minimum Gasteiger partial charge on any atom is -0.381 e. The van der Waals surface area contributed by atoms with Crippen LogP contribution >= 0.6 is 0 Å². The highest BCUT2D eigenvalue weighted by atomic mass is 16.5. The molecule has 5 nitrogen and oxygen atoms in total. The molecular weight excluding hydrogens is 216 g/mol. The van der Waals surface area contributed by atoms with Crippen LogP contribution in [0.4, 0.5) is 11.8 Å². The Labute approximate surface area is 102 Å². The summed E-state index contributed by atoms with van der Waals surface area (Å²) in [5.41, 5.74) is 6.54. The van der Waals surface area contributed by atoms with Gasteiger partial charge in [0.2, 0.25) is 5.95 Å². The van der Waals surface area contributed by atoms with Crippen molar-refractivity contribution >= 4 is 11.8 Å². The molecule has 1 aromatic heterocycles. The summed E-state index contributed by atoms with van der Waals surface area (Å²) < 4.78 is 5.55. The van der Waals surface area contributed by atoms with Gasteiger partial charge in [-0.05, 0) is 32.1 Å². The molecule has 0 radical (unpaired) electrons. The van der Waals surface area contributed by atoms with Gasteiger partial charge in [-0.15, -0.1) is 0 Å². The molecule has 1 saturated carbocycles. The summed E-state index contributed by atoms with van der Waals surface area (Å²) in [4.78, 5) is 8.07. The number of aryl methyl sites for hydroxylation is 1. The van der Waals surface area contributed by atoms with Crippen molar-refractivity contribution in [1.29, 1.82) is 0 Å². The Morgan fingerprint density at radius 2 is 2.35 bits per heavy atom. The predicted octanol–water partition coefficient (Wildman–Crippen LogP) is 1.60. The molecule has 0 unspecified atom stereocenters. The molecule has 1 aliphatic carbocycles. The lowest BCUT2D eigenvalue weighted by molar-refractivity contribution is 0.124.